The molecule has 0 aliphatic carbocycles. The van der Waals surface area contributed by atoms with E-state index in [2.05, 4.69) is 30.6 Å². The number of ether oxygens (including phenoxy) is 1. The third-order valence-corrected chi connectivity index (χ3v) is 5.55. The van der Waals surface area contributed by atoms with Crippen LogP contribution in [0.4, 0.5) is 0 Å². The summed E-state index contributed by atoms with van der Waals surface area (Å²) < 4.78 is 6.76. The summed E-state index contributed by atoms with van der Waals surface area (Å²) in [6, 6.07) is 3.25. The van der Waals surface area contributed by atoms with Crippen molar-refractivity contribution in [1.82, 2.24) is 5.32 Å². The molecule has 1 aliphatic rings. The van der Waals surface area contributed by atoms with Crippen molar-refractivity contribution in [3.63, 3.8) is 0 Å². The van der Waals surface area contributed by atoms with E-state index in [1.54, 1.807) is 7.11 Å². The fourth-order valence-electron chi connectivity index (χ4n) is 2.28. The van der Waals surface area contributed by atoms with Gasteiger partial charge in [0, 0.05) is 24.4 Å². The smallest absolute Gasteiger partial charge is 0.0649 e. The first-order valence-corrected chi connectivity index (χ1v) is 7.99. The SMILES string of the molecule is CCC(COC)NC1C[C@H](C)Sc2sccc21. The van der Waals surface area contributed by atoms with Crippen LogP contribution in [0.25, 0.3) is 0 Å². The van der Waals surface area contributed by atoms with Crippen molar-refractivity contribution in [1.29, 1.82) is 0 Å². The Labute approximate surface area is 112 Å². The first-order valence-electron chi connectivity index (χ1n) is 6.23. The van der Waals surface area contributed by atoms with Crippen molar-refractivity contribution in [2.24, 2.45) is 0 Å². The summed E-state index contributed by atoms with van der Waals surface area (Å²) in [6.45, 7) is 5.33. The third-order valence-electron chi connectivity index (χ3n) is 3.21. The molecule has 2 heterocycles. The molecule has 3 atom stereocenters. The highest BCUT2D eigenvalue weighted by Crippen LogP contribution is 2.43. The van der Waals surface area contributed by atoms with Crippen molar-refractivity contribution >= 4 is 23.1 Å². The van der Waals surface area contributed by atoms with E-state index in [0.717, 1.165) is 13.0 Å². The molecule has 2 unspecified atom stereocenters. The molecule has 0 saturated heterocycles. The third kappa shape index (κ3) is 3.25. The van der Waals surface area contributed by atoms with Crippen LogP contribution in [-0.2, 0) is 4.74 Å². The van der Waals surface area contributed by atoms with Gasteiger partial charge in [0.2, 0.25) is 0 Å². The van der Waals surface area contributed by atoms with Gasteiger partial charge in [-0.15, -0.1) is 23.1 Å². The number of nitrogens with one attached hydrogen (secondary N) is 1. The fraction of sp³-hybridized carbons (Fsp3) is 0.692. The Bertz CT molecular complexity index is 353. The van der Waals surface area contributed by atoms with Crippen molar-refractivity contribution in [3.8, 4) is 0 Å². The second-order valence-electron chi connectivity index (χ2n) is 4.61. The summed E-state index contributed by atoms with van der Waals surface area (Å²) >= 11 is 3.89. The highest BCUT2D eigenvalue weighted by molar-refractivity contribution is 8.01. The van der Waals surface area contributed by atoms with E-state index in [-0.39, 0.29) is 0 Å². The number of hydrogen-bond acceptors (Lipinski definition) is 4. The van der Waals surface area contributed by atoms with Crippen LogP contribution >= 0.6 is 23.1 Å². The van der Waals surface area contributed by atoms with Gasteiger partial charge < -0.3 is 10.1 Å². The minimum Gasteiger partial charge on any atom is -0.383 e. The van der Waals surface area contributed by atoms with Gasteiger partial charge in [-0.1, -0.05) is 13.8 Å². The molecule has 1 aliphatic heterocycles. The first kappa shape index (κ1) is 13.4. The maximum absolute atomic E-state index is 5.27. The number of rotatable bonds is 5. The molecule has 1 aromatic heterocycles. The fourth-order valence-corrected chi connectivity index (χ4v) is 4.84. The maximum atomic E-state index is 5.27. The molecule has 2 rings (SSSR count). The normalized spacial score (nSPS) is 25.6. The van der Waals surface area contributed by atoms with Gasteiger partial charge in [-0.2, -0.15) is 0 Å². The summed E-state index contributed by atoms with van der Waals surface area (Å²) in [5.74, 6) is 0. The molecule has 0 fully saturated rings. The summed E-state index contributed by atoms with van der Waals surface area (Å²) in [4.78, 5) is 0. The van der Waals surface area contributed by atoms with Gasteiger partial charge in [-0.25, -0.2) is 0 Å². The second-order valence-corrected chi connectivity index (χ2v) is 7.23. The Morgan fingerprint density at radius 3 is 3.12 bits per heavy atom. The van der Waals surface area contributed by atoms with E-state index < -0.39 is 0 Å². The van der Waals surface area contributed by atoms with E-state index in [1.807, 2.05) is 23.1 Å². The Hall–Kier alpha value is -0.0300. The predicted molar refractivity (Wildman–Crippen MR) is 76.1 cm³/mol. The van der Waals surface area contributed by atoms with Crippen LogP contribution in [-0.4, -0.2) is 25.0 Å². The molecule has 1 N–H and O–H groups in total. The summed E-state index contributed by atoms with van der Waals surface area (Å²) in [6.07, 6.45) is 2.33. The lowest BCUT2D eigenvalue weighted by molar-refractivity contribution is 0.157. The lowest BCUT2D eigenvalue weighted by Gasteiger charge is -2.30. The molecule has 17 heavy (non-hydrogen) atoms. The summed E-state index contributed by atoms with van der Waals surface area (Å²) in [5, 5.41) is 6.66. The number of thioether (sulfide) groups is 1. The Morgan fingerprint density at radius 1 is 1.59 bits per heavy atom. The first-order chi connectivity index (χ1) is 8.24. The van der Waals surface area contributed by atoms with Crippen LogP contribution in [0.5, 0.6) is 0 Å². The second kappa shape index (κ2) is 6.23. The van der Waals surface area contributed by atoms with Gasteiger partial charge in [0.15, 0.2) is 0 Å². The van der Waals surface area contributed by atoms with Crippen LogP contribution in [0.2, 0.25) is 0 Å². The Morgan fingerprint density at radius 2 is 2.41 bits per heavy atom. The molecule has 0 saturated carbocycles. The Kier molecular flexibility index (Phi) is 4.91. The lowest BCUT2D eigenvalue weighted by atomic mass is 10.0. The van der Waals surface area contributed by atoms with Crippen LogP contribution < -0.4 is 5.32 Å². The molecule has 0 spiro atoms. The van der Waals surface area contributed by atoms with Crippen LogP contribution in [0.1, 0.15) is 38.3 Å². The molecular formula is C13H21NOS2. The average molecular weight is 271 g/mol. The van der Waals surface area contributed by atoms with Gasteiger partial charge >= 0.3 is 0 Å². The average Bonchev–Trinajstić information content (AvgIpc) is 2.76. The van der Waals surface area contributed by atoms with Crippen molar-refractivity contribution < 1.29 is 4.74 Å². The van der Waals surface area contributed by atoms with Gasteiger partial charge in [-0.3, -0.25) is 0 Å². The minimum absolute atomic E-state index is 0.466. The van der Waals surface area contributed by atoms with E-state index in [9.17, 15) is 0 Å². The van der Waals surface area contributed by atoms with E-state index in [4.69, 9.17) is 4.74 Å². The van der Waals surface area contributed by atoms with E-state index in [0.29, 0.717) is 17.3 Å². The molecule has 2 nitrogen and oxygen atoms in total. The maximum Gasteiger partial charge on any atom is 0.0649 e. The number of thiophene rings is 1. The zero-order valence-electron chi connectivity index (χ0n) is 10.7. The number of fused-ring (bicyclic) bond motifs is 1. The quantitative estimate of drug-likeness (QED) is 0.882. The standard InChI is InChI=1S/C13H21NOS2/c1-4-10(8-15-3)14-12-7-9(2)17-13-11(12)5-6-16-13/h5-6,9-10,12,14H,4,7-8H2,1-3H3/t9-,10?,12?/m0/s1. The van der Waals surface area contributed by atoms with E-state index in [1.165, 1.54) is 16.2 Å². The highest BCUT2D eigenvalue weighted by Gasteiger charge is 2.27. The van der Waals surface area contributed by atoms with Crippen LogP contribution in [0, 0.1) is 0 Å². The molecule has 0 radical (unpaired) electrons. The van der Waals surface area contributed by atoms with Crippen molar-refractivity contribution in [2.45, 2.75) is 48.2 Å². The predicted octanol–water partition coefficient (Wildman–Crippen LogP) is 3.69. The zero-order chi connectivity index (χ0) is 12.3. The summed E-state index contributed by atoms with van der Waals surface area (Å²) in [7, 11) is 1.78. The monoisotopic (exact) mass is 271 g/mol. The minimum atomic E-state index is 0.466. The molecule has 0 bridgehead atoms. The lowest BCUT2D eigenvalue weighted by Crippen LogP contribution is -2.37. The van der Waals surface area contributed by atoms with Crippen LogP contribution in [0.3, 0.4) is 0 Å². The molecular weight excluding hydrogens is 250 g/mol. The van der Waals surface area contributed by atoms with Gasteiger partial charge in [0.1, 0.15) is 0 Å². The topological polar surface area (TPSA) is 21.3 Å². The molecule has 1 aromatic rings. The van der Waals surface area contributed by atoms with Gasteiger partial charge in [0.05, 0.1) is 10.8 Å². The van der Waals surface area contributed by atoms with E-state index >= 15 is 0 Å². The largest absolute Gasteiger partial charge is 0.383 e. The molecule has 0 aromatic carbocycles. The summed E-state index contributed by atoms with van der Waals surface area (Å²) in [5.41, 5.74) is 1.49. The number of methoxy groups -OCH3 is 1. The molecule has 0 amide bonds. The van der Waals surface area contributed by atoms with Gasteiger partial charge in [-0.05, 0) is 29.9 Å². The molecule has 96 valence electrons. The van der Waals surface area contributed by atoms with Crippen molar-refractivity contribution in [2.75, 3.05) is 13.7 Å². The zero-order valence-corrected chi connectivity index (χ0v) is 12.4. The highest BCUT2D eigenvalue weighted by atomic mass is 32.2. The van der Waals surface area contributed by atoms with Crippen LogP contribution in [0.15, 0.2) is 15.7 Å². The number of hydrogen-bond donors (Lipinski definition) is 1. The van der Waals surface area contributed by atoms with Gasteiger partial charge in [0.25, 0.3) is 0 Å². The Balaban J connectivity index is 2.06. The molecule has 4 heteroatoms. The van der Waals surface area contributed by atoms with Crippen molar-refractivity contribution in [3.05, 3.63) is 17.0 Å².